The van der Waals surface area contributed by atoms with E-state index in [-0.39, 0.29) is 5.82 Å². The molecule has 1 heteroatoms. The summed E-state index contributed by atoms with van der Waals surface area (Å²) in [5.74, 6) is -0.120. The van der Waals surface area contributed by atoms with Crippen LogP contribution in [-0.2, 0) is 0 Å². The first kappa shape index (κ1) is 9.97. The number of rotatable bonds is 2. The molecule has 0 amide bonds. The van der Waals surface area contributed by atoms with Crippen LogP contribution in [0.3, 0.4) is 0 Å². The Bertz CT molecular complexity index is 324. The lowest BCUT2D eigenvalue weighted by Gasteiger charge is -2.08. The van der Waals surface area contributed by atoms with Gasteiger partial charge in [-0.15, -0.1) is 0 Å². The monoisotopic (exact) mass is 178 g/mol. The van der Waals surface area contributed by atoms with Crippen LogP contribution in [0.15, 0.2) is 24.3 Å². The molecule has 13 heavy (non-hydrogen) atoms. The molecule has 1 aromatic rings. The van der Waals surface area contributed by atoms with Gasteiger partial charge in [-0.25, -0.2) is 4.39 Å². The second-order valence-electron chi connectivity index (χ2n) is 3.08. The summed E-state index contributed by atoms with van der Waals surface area (Å²) in [7, 11) is 0. The quantitative estimate of drug-likeness (QED) is 0.643. The minimum absolute atomic E-state index is 0.120. The molecule has 1 rings (SSSR count). The maximum absolute atomic E-state index is 13.2. The largest absolute Gasteiger partial charge is 0.207 e. The Morgan fingerprint density at radius 1 is 1.46 bits per heavy atom. The van der Waals surface area contributed by atoms with Gasteiger partial charge in [0, 0.05) is 0 Å². The summed E-state index contributed by atoms with van der Waals surface area (Å²) in [4.78, 5) is 0. The summed E-state index contributed by atoms with van der Waals surface area (Å²) in [5, 5.41) is 0. The van der Waals surface area contributed by atoms with Crippen molar-refractivity contribution in [2.24, 2.45) is 0 Å². The highest BCUT2D eigenvalue weighted by Gasteiger charge is 2.05. The average Bonchev–Trinajstić information content (AvgIpc) is 2.14. The Morgan fingerprint density at radius 3 is 2.69 bits per heavy atom. The zero-order chi connectivity index (χ0) is 9.84. The third-order valence-electron chi connectivity index (χ3n) is 2.34. The van der Waals surface area contributed by atoms with E-state index in [1.807, 2.05) is 26.0 Å². The average molecular weight is 178 g/mol. The molecular weight excluding hydrogens is 163 g/mol. The Morgan fingerprint density at radius 2 is 2.15 bits per heavy atom. The van der Waals surface area contributed by atoms with Crippen LogP contribution in [0.5, 0.6) is 0 Å². The molecule has 0 saturated heterocycles. The van der Waals surface area contributed by atoms with Crippen molar-refractivity contribution in [2.75, 3.05) is 0 Å². The maximum Gasteiger partial charge on any atom is 0.126 e. The van der Waals surface area contributed by atoms with Crippen LogP contribution in [0.25, 0.3) is 5.57 Å². The van der Waals surface area contributed by atoms with Crippen molar-refractivity contribution in [3.63, 3.8) is 0 Å². The van der Waals surface area contributed by atoms with E-state index < -0.39 is 0 Å². The van der Waals surface area contributed by atoms with Gasteiger partial charge in [-0.1, -0.05) is 25.1 Å². The minimum atomic E-state index is -0.120. The van der Waals surface area contributed by atoms with E-state index in [0.717, 1.165) is 17.5 Å². The van der Waals surface area contributed by atoms with Gasteiger partial charge in [-0.2, -0.15) is 0 Å². The molecule has 0 unspecified atom stereocenters. The molecule has 0 saturated carbocycles. The lowest BCUT2D eigenvalue weighted by atomic mass is 9.98. The van der Waals surface area contributed by atoms with Gasteiger partial charge in [0.05, 0.1) is 0 Å². The summed E-state index contributed by atoms with van der Waals surface area (Å²) in [5.41, 5.74) is 2.99. The lowest BCUT2D eigenvalue weighted by Crippen LogP contribution is -1.91. The van der Waals surface area contributed by atoms with E-state index in [0.29, 0.717) is 0 Å². The van der Waals surface area contributed by atoms with Crippen LogP contribution in [-0.4, -0.2) is 0 Å². The van der Waals surface area contributed by atoms with E-state index in [1.54, 1.807) is 6.07 Å². The predicted molar refractivity (Wildman–Crippen MR) is 55.1 cm³/mol. The van der Waals surface area contributed by atoms with Crippen LogP contribution in [0.1, 0.15) is 31.4 Å². The third kappa shape index (κ3) is 1.97. The fraction of sp³-hybridized carbons (Fsp3) is 0.333. The molecule has 0 atom stereocenters. The molecule has 0 aromatic heterocycles. The van der Waals surface area contributed by atoms with Gasteiger partial charge in [0.2, 0.25) is 0 Å². The van der Waals surface area contributed by atoms with Gasteiger partial charge in [-0.3, -0.25) is 0 Å². The van der Waals surface area contributed by atoms with Gasteiger partial charge < -0.3 is 0 Å². The number of benzene rings is 1. The van der Waals surface area contributed by atoms with Crippen molar-refractivity contribution in [3.05, 3.63) is 41.2 Å². The fourth-order valence-corrected chi connectivity index (χ4v) is 1.51. The third-order valence-corrected chi connectivity index (χ3v) is 2.34. The summed E-state index contributed by atoms with van der Waals surface area (Å²) >= 11 is 0. The molecular formula is C12H15F. The molecule has 0 aliphatic rings. The molecule has 0 spiro atoms. The molecule has 0 bridgehead atoms. The highest BCUT2D eigenvalue weighted by atomic mass is 19.1. The molecule has 0 radical (unpaired) electrons. The molecule has 0 aliphatic carbocycles. The van der Waals surface area contributed by atoms with Gasteiger partial charge in [0.25, 0.3) is 0 Å². The van der Waals surface area contributed by atoms with E-state index in [2.05, 4.69) is 6.92 Å². The van der Waals surface area contributed by atoms with Crippen molar-refractivity contribution in [1.29, 1.82) is 0 Å². The molecule has 0 nitrogen and oxygen atoms in total. The lowest BCUT2D eigenvalue weighted by molar-refractivity contribution is 0.618. The van der Waals surface area contributed by atoms with Crippen molar-refractivity contribution in [1.82, 2.24) is 0 Å². The molecule has 0 N–H and O–H groups in total. The van der Waals surface area contributed by atoms with E-state index in [4.69, 9.17) is 0 Å². The Balaban J connectivity index is 3.22. The highest BCUT2D eigenvalue weighted by Crippen LogP contribution is 2.23. The van der Waals surface area contributed by atoms with E-state index >= 15 is 0 Å². The smallest absolute Gasteiger partial charge is 0.126 e. The van der Waals surface area contributed by atoms with Crippen LogP contribution in [0.4, 0.5) is 4.39 Å². The number of hydrogen-bond donors (Lipinski definition) is 0. The van der Waals surface area contributed by atoms with Gasteiger partial charge >= 0.3 is 0 Å². The Kier molecular flexibility index (Phi) is 3.24. The Hall–Kier alpha value is -1.11. The molecule has 70 valence electrons. The summed E-state index contributed by atoms with van der Waals surface area (Å²) < 4.78 is 13.2. The maximum atomic E-state index is 13.2. The van der Waals surface area contributed by atoms with Crippen molar-refractivity contribution >= 4 is 5.57 Å². The topological polar surface area (TPSA) is 0 Å². The standard InChI is InChI=1S/C12H15F/c1-4-10(5-2)11-7-6-8-12(13)9(11)3/h4,6-8H,5H2,1-3H3/b10-4-. The van der Waals surface area contributed by atoms with Crippen LogP contribution < -0.4 is 0 Å². The summed E-state index contributed by atoms with van der Waals surface area (Å²) in [6.07, 6.45) is 2.99. The number of allylic oxidation sites excluding steroid dienone is 2. The fourth-order valence-electron chi connectivity index (χ4n) is 1.51. The summed E-state index contributed by atoms with van der Waals surface area (Å²) in [6.45, 7) is 5.90. The number of hydrogen-bond acceptors (Lipinski definition) is 0. The Labute approximate surface area is 79.1 Å². The van der Waals surface area contributed by atoms with Crippen LogP contribution in [0, 0.1) is 12.7 Å². The van der Waals surface area contributed by atoms with Crippen molar-refractivity contribution in [3.8, 4) is 0 Å². The highest BCUT2D eigenvalue weighted by molar-refractivity contribution is 5.67. The summed E-state index contributed by atoms with van der Waals surface area (Å²) in [6, 6.07) is 5.23. The van der Waals surface area contributed by atoms with E-state index in [9.17, 15) is 4.39 Å². The molecule has 0 aliphatic heterocycles. The SMILES string of the molecule is C/C=C(/CC)c1cccc(F)c1C. The molecule has 1 aromatic carbocycles. The minimum Gasteiger partial charge on any atom is -0.207 e. The first-order valence-corrected chi connectivity index (χ1v) is 4.61. The normalized spacial score (nSPS) is 11.8. The van der Waals surface area contributed by atoms with Gasteiger partial charge in [0.15, 0.2) is 0 Å². The van der Waals surface area contributed by atoms with Crippen LogP contribution >= 0.6 is 0 Å². The second kappa shape index (κ2) is 4.22. The van der Waals surface area contributed by atoms with Crippen LogP contribution in [0.2, 0.25) is 0 Å². The van der Waals surface area contributed by atoms with Crippen molar-refractivity contribution in [2.45, 2.75) is 27.2 Å². The first-order valence-electron chi connectivity index (χ1n) is 4.61. The van der Waals surface area contributed by atoms with E-state index in [1.165, 1.54) is 11.6 Å². The molecule has 0 heterocycles. The second-order valence-corrected chi connectivity index (χ2v) is 3.08. The predicted octanol–water partition coefficient (Wildman–Crippen LogP) is 3.95. The zero-order valence-electron chi connectivity index (χ0n) is 8.39. The first-order chi connectivity index (χ1) is 6.20. The van der Waals surface area contributed by atoms with Gasteiger partial charge in [-0.05, 0) is 43.0 Å². The zero-order valence-corrected chi connectivity index (χ0v) is 8.39. The molecule has 0 fully saturated rings. The number of halogens is 1. The van der Waals surface area contributed by atoms with Gasteiger partial charge in [0.1, 0.15) is 5.82 Å². The van der Waals surface area contributed by atoms with Crippen molar-refractivity contribution < 1.29 is 4.39 Å².